The lowest BCUT2D eigenvalue weighted by Crippen LogP contribution is -2.42. The molecule has 1 saturated heterocycles. The number of nitrogens with zero attached hydrogens (tertiary/aromatic N) is 1. The van der Waals surface area contributed by atoms with E-state index in [-0.39, 0.29) is 12.1 Å². The van der Waals surface area contributed by atoms with Crippen molar-refractivity contribution in [2.45, 2.75) is 19.1 Å². The van der Waals surface area contributed by atoms with Gasteiger partial charge in [0.2, 0.25) is 0 Å². The zero-order chi connectivity index (χ0) is 11.1. The van der Waals surface area contributed by atoms with Crippen LogP contribution < -0.4 is 9.47 Å². The average Bonchev–Trinajstić information content (AvgIpc) is 2.77. The maximum Gasteiger partial charge on any atom is 0.260 e. The maximum absolute atomic E-state index is 12.2. The molecule has 84 valence electrons. The molecule has 1 aromatic rings. The summed E-state index contributed by atoms with van der Waals surface area (Å²) < 4.78 is 10.9. The quantitative estimate of drug-likeness (QED) is 0.721. The summed E-state index contributed by atoms with van der Waals surface area (Å²) >= 11 is 0. The van der Waals surface area contributed by atoms with Gasteiger partial charge in [-0.1, -0.05) is 0 Å². The molecule has 3 rings (SSSR count). The first kappa shape index (κ1) is 9.51. The topological polar surface area (TPSA) is 38.8 Å². The van der Waals surface area contributed by atoms with Crippen molar-refractivity contribution < 1.29 is 14.3 Å². The molecule has 0 N–H and O–H groups in total. The lowest BCUT2D eigenvalue weighted by Gasteiger charge is -2.31. The van der Waals surface area contributed by atoms with Crippen LogP contribution >= 0.6 is 0 Å². The van der Waals surface area contributed by atoms with Crippen LogP contribution in [0.3, 0.4) is 0 Å². The Hall–Kier alpha value is -1.71. The molecule has 0 aliphatic carbocycles. The summed E-state index contributed by atoms with van der Waals surface area (Å²) in [5.74, 6) is 1.42. The number of amides is 1. The predicted molar refractivity (Wildman–Crippen MR) is 57.7 cm³/mol. The minimum absolute atomic E-state index is 0.0580. The van der Waals surface area contributed by atoms with Crippen LogP contribution in [0.2, 0.25) is 0 Å². The Morgan fingerprint density at radius 1 is 1.50 bits per heavy atom. The van der Waals surface area contributed by atoms with Crippen LogP contribution in [0.15, 0.2) is 18.2 Å². The van der Waals surface area contributed by atoms with Crippen LogP contribution in [0.1, 0.15) is 23.2 Å². The molecule has 0 radical (unpaired) electrons. The predicted octanol–water partition coefficient (Wildman–Crippen LogP) is 1.65. The second-order valence-corrected chi connectivity index (χ2v) is 4.08. The number of benzene rings is 1. The largest absolute Gasteiger partial charge is 0.497 e. The molecule has 1 fully saturated rings. The Morgan fingerprint density at radius 2 is 2.38 bits per heavy atom. The molecule has 1 amide bonds. The number of carbonyl (C=O) groups is 1. The number of ether oxygens (including phenoxy) is 2. The Kier molecular flexibility index (Phi) is 2.02. The first-order valence-electron chi connectivity index (χ1n) is 5.45. The summed E-state index contributed by atoms with van der Waals surface area (Å²) in [5, 5.41) is 0. The summed E-state index contributed by atoms with van der Waals surface area (Å²) in [4.78, 5) is 14.0. The summed E-state index contributed by atoms with van der Waals surface area (Å²) in [6, 6.07) is 5.37. The van der Waals surface area contributed by atoms with Crippen molar-refractivity contribution in [2.75, 3.05) is 13.7 Å². The van der Waals surface area contributed by atoms with Crippen molar-refractivity contribution in [2.24, 2.45) is 0 Å². The number of carbonyl (C=O) groups excluding carboxylic acids is 1. The molecule has 2 aliphatic heterocycles. The van der Waals surface area contributed by atoms with Gasteiger partial charge >= 0.3 is 0 Å². The SMILES string of the molecule is COc1ccc2c(c1)C(=O)N1CCC[C@H]1O2. The molecule has 1 atom stereocenters. The van der Waals surface area contributed by atoms with Gasteiger partial charge < -0.3 is 14.4 Å². The molecule has 4 heteroatoms. The van der Waals surface area contributed by atoms with Gasteiger partial charge in [-0.25, -0.2) is 0 Å². The van der Waals surface area contributed by atoms with Crippen LogP contribution in [-0.2, 0) is 0 Å². The van der Waals surface area contributed by atoms with Crippen molar-refractivity contribution in [3.63, 3.8) is 0 Å². The first-order chi connectivity index (χ1) is 7.79. The molecule has 16 heavy (non-hydrogen) atoms. The van der Waals surface area contributed by atoms with E-state index in [1.54, 1.807) is 18.1 Å². The van der Waals surface area contributed by atoms with Gasteiger partial charge in [0, 0.05) is 13.0 Å². The highest BCUT2D eigenvalue weighted by atomic mass is 16.5. The normalized spacial score (nSPS) is 22.4. The monoisotopic (exact) mass is 219 g/mol. The van der Waals surface area contributed by atoms with E-state index < -0.39 is 0 Å². The van der Waals surface area contributed by atoms with Crippen molar-refractivity contribution in [1.29, 1.82) is 0 Å². The fourth-order valence-corrected chi connectivity index (χ4v) is 2.30. The second kappa shape index (κ2) is 3.40. The van der Waals surface area contributed by atoms with Gasteiger partial charge in [-0.05, 0) is 24.6 Å². The Labute approximate surface area is 93.8 Å². The van der Waals surface area contributed by atoms with E-state index in [2.05, 4.69) is 0 Å². The van der Waals surface area contributed by atoms with E-state index in [0.717, 1.165) is 19.4 Å². The van der Waals surface area contributed by atoms with Crippen LogP contribution in [0.5, 0.6) is 11.5 Å². The molecule has 0 aromatic heterocycles. The van der Waals surface area contributed by atoms with Crippen LogP contribution in [-0.4, -0.2) is 30.7 Å². The van der Waals surface area contributed by atoms with Gasteiger partial charge in [-0.2, -0.15) is 0 Å². The number of rotatable bonds is 1. The van der Waals surface area contributed by atoms with Crippen LogP contribution in [0.4, 0.5) is 0 Å². The third-order valence-electron chi connectivity index (χ3n) is 3.14. The molecular formula is C12H13NO3. The number of hydrogen-bond acceptors (Lipinski definition) is 3. The summed E-state index contributed by atoms with van der Waals surface area (Å²) in [6.45, 7) is 0.792. The van der Waals surface area contributed by atoms with Crippen molar-refractivity contribution in [3.05, 3.63) is 23.8 Å². The Morgan fingerprint density at radius 3 is 3.19 bits per heavy atom. The second-order valence-electron chi connectivity index (χ2n) is 4.08. The Bertz CT molecular complexity index is 444. The van der Waals surface area contributed by atoms with Gasteiger partial charge in [0.15, 0.2) is 6.23 Å². The van der Waals surface area contributed by atoms with E-state index in [1.165, 1.54) is 0 Å². The van der Waals surface area contributed by atoms with Crippen LogP contribution in [0.25, 0.3) is 0 Å². The average molecular weight is 219 g/mol. The zero-order valence-electron chi connectivity index (χ0n) is 9.10. The van der Waals surface area contributed by atoms with E-state index in [9.17, 15) is 4.79 Å². The molecule has 2 aliphatic rings. The first-order valence-corrected chi connectivity index (χ1v) is 5.45. The van der Waals surface area contributed by atoms with Gasteiger partial charge in [0.05, 0.1) is 12.7 Å². The third kappa shape index (κ3) is 1.26. The molecule has 4 nitrogen and oxygen atoms in total. The summed E-state index contributed by atoms with van der Waals surface area (Å²) in [7, 11) is 1.59. The van der Waals surface area contributed by atoms with Gasteiger partial charge in [-0.15, -0.1) is 0 Å². The van der Waals surface area contributed by atoms with Gasteiger partial charge in [0.25, 0.3) is 5.91 Å². The number of hydrogen-bond donors (Lipinski definition) is 0. The van der Waals surface area contributed by atoms with E-state index in [0.29, 0.717) is 17.1 Å². The van der Waals surface area contributed by atoms with Gasteiger partial charge in [-0.3, -0.25) is 4.79 Å². The zero-order valence-corrected chi connectivity index (χ0v) is 9.10. The lowest BCUT2D eigenvalue weighted by atomic mass is 10.1. The van der Waals surface area contributed by atoms with E-state index in [4.69, 9.17) is 9.47 Å². The van der Waals surface area contributed by atoms with Crippen molar-refractivity contribution in [3.8, 4) is 11.5 Å². The maximum atomic E-state index is 12.2. The van der Waals surface area contributed by atoms with Crippen molar-refractivity contribution >= 4 is 5.91 Å². The fourth-order valence-electron chi connectivity index (χ4n) is 2.30. The molecule has 0 unspecified atom stereocenters. The third-order valence-corrected chi connectivity index (χ3v) is 3.14. The van der Waals surface area contributed by atoms with E-state index >= 15 is 0 Å². The molecule has 1 aromatic carbocycles. The highest BCUT2D eigenvalue weighted by Crippen LogP contribution is 2.34. The smallest absolute Gasteiger partial charge is 0.260 e. The summed E-state index contributed by atoms with van der Waals surface area (Å²) in [6.07, 6.45) is 1.88. The standard InChI is InChI=1S/C12H13NO3/c1-15-8-4-5-10-9(7-8)12(14)13-6-2-3-11(13)16-10/h4-5,7,11H,2-3,6H2,1H3/t11-/m1/s1. The number of methoxy groups -OCH3 is 1. The minimum atomic E-state index is -0.0617. The molecular weight excluding hydrogens is 206 g/mol. The highest BCUT2D eigenvalue weighted by Gasteiger charge is 2.37. The van der Waals surface area contributed by atoms with Gasteiger partial charge in [0.1, 0.15) is 11.5 Å². The fraction of sp³-hybridized carbons (Fsp3) is 0.417. The molecule has 2 heterocycles. The molecule has 0 spiro atoms. The number of fused-ring (bicyclic) bond motifs is 2. The molecule has 0 saturated carbocycles. The van der Waals surface area contributed by atoms with Crippen molar-refractivity contribution in [1.82, 2.24) is 4.90 Å². The summed E-state index contributed by atoms with van der Waals surface area (Å²) in [5.41, 5.74) is 0.609. The molecule has 0 bridgehead atoms. The van der Waals surface area contributed by atoms with Crippen LogP contribution in [0, 0.1) is 0 Å². The van der Waals surface area contributed by atoms with E-state index in [1.807, 2.05) is 12.1 Å². The lowest BCUT2D eigenvalue weighted by molar-refractivity contribution is 0.0293. The highest BCUT2D eigenvalue weighted by molar-refractivity contribution is 5.98. The minimum Gasteiger partial charge on any atom is -0.497 e. The Balaban J connectivity index is 2.04.